The van der Waals surface area contributed by atoms with Gasteiger partial charge in [0.2, 0.25) is 0 Å². The van der Waals surface area contributed by atoms with Crippen LogP contribution in [0.15, 0.2) is 6.07 Å². The van der Waals surface area contributed by atoms with Crippen molar-refractivity contribution in [3.8, 4) is 0 Å². The van der Waals surface area contributed by atoms with Crippen LogP contribution in [0.25, 0.3) is 0 Å². The molecule has 0 fully saturated rings. The molecule has 21 heavy (non-hydrogen) atoms. The van der Waals surface area contributed by atoms with Gasteiger partial charge in [0, 0.05) is 0 Å². The average molecular weight is 397 g/mol. The third-order valence-corrected chi connectivity index (χ3v) is 19.1. The molecule has 0 radical (unpaired) electrons. The second-order valence-corrected chi connectivity index (χ2v) is 19.4. The Labute approximate surface area is 136 Å². The molecule has 0 aliphatic heterocycles. The first-order valence-corrected chi connectivity index (χ1v) is 16.4. The van der Waals surface area contributed by atoms with Crippen LogP contribution in [0.3, 0.4) is 0 Å². The Morgan fingerprint density at radius 2 is 1.14 bits per heavy atom. The molecule has 1 heterocycles. The summed E-state index contributed by atoms with van der Waals surface area (Å²) in [6, 6.07) is 2.12. The van der Waals surface area contributed by atoms with Crippen LogP contribution in [0, 0.1) is 13.8 Å². The van der Waals surface area contributed by atoms with Crippen LogP contribution in [0.2, 0.25) is 13.3 Å². The van der Waals surface area contributed by atoms with Gasteiger partial charge < -0.3 is 0 Å². The topological polar surface area (TPSA) is 25.8 Å². The monoisotopic (exact) mass is 398 g/mol. The van der Waals surface area contributed by atoms with Crippen LogP contribution in [0.4, 0.5) is 0 Å². The van der Waals surface area contributed by atoms with E-state index in [0.29, 0.717) is 0 Å². The summed E-state index contributed by atoms with van der Waals surface area (Å²) in [5.74, 6) is 0. The van der Waals surface area contributed by atoms with E-state index in [1.165, 1.54) is 67.1 Å². The Balaban J connectivity index is 3.15. The number of aromatic nitrogens is 2. The molecule has 0 amide bonds. The third kappa shape index (κ3) is 5.88. The summed E-state index contributed by atoms with van der Waals surface area (Å²) in [5, 5.41) is 0. The first-order chi connectivity index (χ1) is 10.1. The minimum atomic E-state index is -2.40. The molecule has 0 N–H and O–H groups in total. The van der Waals surface area contributed by atoms with Gasteiger partial charge in [0.1, 0.15) is 0 Å². The van der Waals surface area contributed by atoms with E-state index in [2.05, 4.69) is 40.7 Å². The zero-order valence-corrected chi connectivity index (χ0v) is 17.7. The first kappa shape index (κ1) is 18.9. The van der Waals surface area contributed by atoms with E-state index in [9.17, 15) is 0 Å². The normalized spacial score (nSPS) is 11.9. The van der Waals surface area contributed by atoms with E-state index in [-0.39, 0.29) is 0 Å². The molecular formula is C18H34N2Sn. The zero-order valence-electron chi connectivity index (χ0n) is 14.8. The Morgan fingerprint density at radius 1 is 0.762 bits per heavy atom. The Hall–Kier alpha value is -0.121. The molecule has 0 aromatic carbocycles. The summed E-state index contributed by atoms with van der Waals surface area (Å²) in [6.45, 7) is 11.2. The van der Waals surface area contributed by atoms with Gasteiger partial charge in [-0.15, -0.1) is 0 Å². The van der Waals surface area contributed by atoms with Gasteiger partial charge in [0.25, 0.3) is 0 Å². The molecule has 0 saturated heterocycles. The molecule has 0 atom stereocenters. The van der Waals surface area contributed by atoms with Crippen molar-refractivity contribution in [3.05, 3.63) is 17.5 Å². The molecule has 1 rings (SSSR count). The predicted molar refractivity (Wildman–Crippen MR) is 96.0 cm³/mol. The van der Waals surface area contributed by atoms with Gasteiger partial charge in [-0.1, -0.05) is 0 Å². The van der Waals surface area contributed by atoms with Gasteiger partial charge in [-0.3, -0.25) is 0 Å². The minimum absolute atomic E-state index is 1.17. The summed E-state index contributed by atoms with van der Waals surface area (Å²) in [5.41, 5.74) is 2.34. The zero-order chi connectivity index (χ0) is 15.7. The number of rotatable bonds is 10. The second kappa shape index (κ2) is 9.81. The van der Waals surface area contributed by atoms with E-state index in [1.807, 2.05) is 0 Å². The molecule has 120 valence electrons. The van der Waals surface area contributed by atoms with Crippen LogP contribution >= 0.6 is 0 Å². The van der Waals surface area contributed by atoms with Crippen molar-refractivity contribution in [2.24, 2.45) is 0 Å². The SMILES string of the molecule is CCC[CH2][Sn]([CH2]CCC)([CH2]CCC)[c]1nc(C)cc(C)n1. The Morgan fingerprint density at radius 3 is 1.48 bits per heavy atom. The van der Waals surface area contributed by atoms with Gasteiger partial charge in [-0.2, -0.15) is 0 Å². The molecule has 1 aromatic rings. The summed E-state index contributed by atoms with van der Waals surface area (Å²) < 4.78 is 5.69. The fourth-order valence-electron chi connectivity index (χ4n) is 3.22. The summed E-state index contributed by atoms with van der Waals surface area (Å²) in [7, 11) is 0. The number of nitrogens with zero attached hydrogens (tertiary/aromatic N) is 2. The van der Waals surface area contributed by atoms with Gasteiger partial charge in [-0.05, 0) is 0 Å². The quantitative estimate of drug-likeness (QED) is 0.511. The van der Waals surface area contributed by atoms with E-state index >= 15 is 0 Å². The molecule has 0 saturated carbocycles. The second-order valence-electron chi connectivity index (χ2n) is 6.57. The maximum absolute atomic E-state index is 4.95. The number of hydrogen-bond donors (Lipinski definition) is 0. The van der Waals surface area contributed by atoms with Crippen LogP contribution in [0.5, 0.6) is 0 Å². The molecule has 0 aliphatic carbocycles. The van der Waals surface area contributed by atoms with Crippen LogP contribution < -0.4 is 3.84 Å². The van der Waals surface area contributed by atoms with Gasteiger partial charge in [0.15, 0.2) is 0 Å². The molecule has 1 aromatic heterocycles. The van der Waals surface area contributed by atoms with Gasteiger partial charge >= 0.3 is 136 Å². The molecule has 3 heteroatoms. The fourth-order valence-corrected chi connectivity index (χ4v) is 18.5. The first-order valence-electron chi connectivity index (χ1n) is 8.90. The van der Waals surface area contributed by atoms with Crippen molar-refractivity contribution in [2.75, 3.05) is 0 Å². The predicted octanol–water partition coefficient (Wildman–Crippen LogP) is 5.15. The van der Waals surface area contributed by atoms with Crippen molar-refractivity contribution in [2.45, 2.75) is 86.5 Å². The van der Waals surface area contributed by atoms with Crippen molar-refractivity contribution >= 4 is 22.2 Å². The molecule has 0 aliphatic rings. The van der Waals surface area contributed by atoms with Gasteiger partial charge in [0.05, 0.1) is 0 Å². The van der Waals surface area contributed by atoms with Crippen LogP contribution in [0.1, 0.15) is 70.7 Å². The Kier molecular flexibility index (Phi) is 8.84. The number of hydrogen-bond acceptors (Lipinski definition) is 2. The average Bonchev–Trinajstić information content (AvgIpc) is 2.46. The van der Waals surface area contributed by atoms with E-state index in [1.54, 1.807) is 0 Å². The summed E-state index contributed by atoms with van der Waals surface area (Å²) in [6.07, 6.45) is 8.05. The fraction of sp³-hybridized carbons (Fsp3) is 0.778. The van der Waals surface area contributed by atoms with Crippen molar-refractivity contribution < 1.29 is 0 Å². The molecule has 0 unspecified atom stereocenters. The molecular weight excluding hydrogens is 363 g/mol. The molecule has 0 bridgehead atoms. The standard InChI is InChI=1S/C6H7N2.3C4H9.Sn/c1-5-3-6(2)8-4-7-5;3*1-3-4-2;/h3H,1-2H3;3*1,3-4H2,2H3;. The van der Waals surface area contributed by atoms with Crippen molar-refractivity contribution in [1.29, 1.82) is 0 Å². The summed E-state index contributed by atoms with van der Waals surface area (Å²) >= 11 is -2.40. The number of unbranched alkanes of at least 4 members (excludes halogenated alkanes) is 3. The third-order valence-electron chi connectivity index (χ3n) is 4.48. The Bertz CT molecular complexity index is 376. The van der Waals surface area contributed by atoms with Crippen molar-refractivity contribution in [1.82, 2.24) is 9.97 Å². The molecule has 0 spiro atoms. The van der Waals surface area contributed by atoms with Crippen LogP contribution in [-0.2, 0) is 0 Å². The van der Waals surface area contributed by atoms with Crippen LogP contribution in [-0.4, -0.2) is 28.3 Å². The number of aryl methyl sites for hydroxylation is 2. The van der Waals surface area contributed by atoms with E-state index in [4.69, 9.17) is 9.97 Å². The van der Waals surface area contributed by atoms with Gasteiger partial charge in [-0.25, -0.2) is 0 Å². The molecule has 2 nitrogen and oxygen atoms in total. The maximum atomic E-state index is 4.95. The summed E-state index contributed by atoms with van der Waals surface area (Å²) in [4.78, 5) is 9.89. The van der Waals surface area contributed by atoms with E-state index < -0.39 is 18.4 Å². The van der Waals surface area contributed by atoms with Crippen molar-refractivity contribution in [3.63, 3.8) is 0 Å². The van der Waals surface area contributed by atoms with E-state index in [0.717, 1.165) is 0 Å².